The summed E-state index contributed by atoms with van der Waals surface area (Å²) in [6.45, 7) is 2.34. The van der Waals surface area contributed by atoms with Crippen LogP contribution < -0.4 is 10.1 Å². The number of benzene rings is 1. The molecule has 9 nitrogen and oxygen atoms in total. The van der Waals surface area contributed by atoms with Gasteiger partial charge in [0.25, 0.3) is 0 Å². The van der Waals surface area contributed by atoms with Crippen LogP contribution in [0.3, 0.4) is 0 Å². The maximum absolute atomic E-state index is 14.9. The number of hydrogen-bond donors (Lipinski definition) is 1. The summed E-state index contributed by atoms with van der Waals surface area (Å²) in [5.41, 5.74) is 4.15. The Kier molecular flexibility index (Phi) is 5.73. The van der Waals surface area contributed by atoms with Crippen LogP contribution in [-0.2, 0) is 11.3 Å². The van der Waals surface area contributed by atoms with E-state index in [2.05, 4.69) is 25.3 Å². The molecule has 5 heterocycles. The maximum Gasteiger partial charge on any atom is 0.244 e. The first-order valence-corrected chi connectivity index (χ1v) is 11.8. The van der Waals surface area contributed by atoms with Crippen LogP contribution in [0.4, 0.5) is 14.7 Å². The number of nitrogens with one attached hydrogen (secondary N) is 1. The highest BCUT2D eigenvalue weighted by molar-refractivity contribution is 5.89. The Balaban J connectivity index is 1.28. The lowest BCUT2D eigenvalue weighted by Gasteiger charge is -2.42. The molecule has 6 rings (SSSR count). The Bertz CT molecular complexity index is 1350. The van der Waals surface area contributed by atoms with Crippen molar-refractivity contribution in [2.45, 2.75) is 31.2 Å². The number of methoxy groups -OCH3 is 1. The standard InChI is InChI=1S/C24H27F2N7O2/c1-34-23-22-17(15-2-3-20-21(10-15)32(9-6-25)14-27-20)4-8-33(22)30-24(29-23)28-19-5-7-31(11-18(19)26)16-12-35-13-16/h2-4,8,10,14,16,18-19H,5-7,9,11-13H2,1H3,(H,28,30)/t18-,19+/m1/s1. The van der Waals surface area contributed by atoms with Crippen LogP contribution in [0, 0.1) is 0 Å². The summed E-state index contributed by atoms with van der Waals surface area (Å²) < 4.78 is 42.2. The topological polar surface area (TPSA) is 81.7 Å². The number of fused-ring (bicyclic) bond motifs is 2. The second-order valence-electron chi connectivity index (χ2n) is 9.04. The van der Waals surface area contributed by atoms with Crippen molar-refractivity contribution >= 4 is 22.5 Å². The molecule has 2 aliphatic rings. The Morgan fingerprint density at radius 3 is 2.89 bits per heavy atom. The number of anilines is 1. The number of halogens is 2. The third kappa shape index (κ3) is 3.98. The number of rotatable bonds is 7. The minimum absolute atomic E-state index is 0.251. The van der Waals surface area contributed by atoms with E-state index in [0.29, 0.717) is 49.6 Å². The van der Waals surface area contributed by atoms with E-state index in [0.717, 1.165) is 28.7 Å². The van der Waals surface area contributed by atoms with Crippen LogP contribution in [0.1, 0.15) is 6.42 Å². The van der Waals surface area contributed by atoms with Crippen LogP contribution in [0.5, 0.6) is 5.88 Å². The molecule has 184 valence electrons. The lowest BCUT2D eigenvalue weighted by molar-refractivity contribution is -0.0794. The largest absolute Gasteiger partial charge is 0.479 e. The zero-order valence-corrected chi connectivity index (χ0v) is 19.4. The molecule has 2 fully saturated rings. The Labute approximate surface area is 200 Å². The van der Waals surface area contributed by atoms with Crippen LogP contribution in [0.2, 0.25) is 0 Å². The molecular formula is C24H27F2N7O2. The molecule has 2 atom stereocenters. The molecule has 0 spiro atoms. The summed E-state index contributed by atoms with van der Waals surface area (Å²) >= 11 is 0. The molecule has 0 aliphatic carbocycles. The molecule has 2 aliphatic heterocycles. The molecule has 0 unspecified atom stereocenters. The number of imidazole rings is 1. The van der Waals surface area contributed by atoms with Gasteiger partial charge >= 0.3 is 0 Å². The third-order valence-electron chi connectivity index (χ3n) is 6.95. The predicted molar refractivity (Wildman–Crippen MR) is 127 cm³/mol. The van der Waals surface area contributed by atoms with Gasteiger partial charge in [-0.05, 0) is 30.2 Å². The van der Waals surface area contributed by atoms with Crippen molar-refractivity contribution in [1.29, 1.82) is 0 Å². The smallest absolute Gasteiger partial charge is 0.244 e. The van der Waals surface area contributed by atoms with Gasteiger partial charge in [-0.25, -0.2) is 18.3 Å². The van der Waals surface area contributed by atoms with Gasteiger partial charge in [0.1, 0.15) is 18.4 Å². The molecule has 0 bridgehead atoms. The summed E-state index contributed by atoms with van der Waals surface area (Å²) in [4.78, 5) is 11.1. The van der Waals surface area contributed by atoms with Gasteiger partial charge in [-0.15, -0.1) is 5.10 Å². The SMILES string of the molecule is COc1nc(N[C@H]2CCN(C3COC3)C[C@H]2F)nn2ccc(-c3ccc4ncn(CCF)c4c3)c12. The van der Waals surface area contributed by atoms with Crippen molar-refractivity contribution in [2.75, 3.05) is 45.4 Å². The number of piperidine rings is 1. The number of likely N-dealkylation sites (tertiary alicyclic amines) is 1. The van der Waals surface area contributed by atoms with E-state index in [-0.39, 0.29) is 12.6 Å². The highest BCUT2D eigenvalue weighted by Crippen LogP contribution is 2.33. The van der Waals surface area contributed by atoms with Gasteiger partial charge in [-0.1, -0.05) is 6.07 Å². The molecule has 11 heteroatoms. The number of hydrogen-bond acceptors (Lipinski definition) is 7. The van der Waals surface area contributed by atoms with Crippen LogP contribution in [-0.4, -0.2) is 87.4 Å². The van der Waals surface area contributed by atoms with Gasteiger partial charge in [0.2, 0.25) is 11.8 Å². The van der Waals surface area contributed by atoms with Crippen molar-refractivity contribution in [3.8, 4) is 17.0 Å². The van der Waals surface area contributed by atoms with Crippen molar-refractivity contribution < 1.29 is 18.3 Å². The fourth-order valence-electron chi connectivity index (χ4n) is 4.94. The molecule has 0 amide bonds. The summed E-state index contributed by atoms with van der Waals surface area (Å²) in [6.07, 6.45) is 3.10. The second kappa shape index (κ2) is 9.04. The van der Waals surface area contributed by atoms with E-state index < -0.39 is 12.8 Å². The molecule has 3 aromatic heterocycles. The first-order valence-electron chi connectivity index (χ1n) is 11.8. The van der Waals surface area contributed by atoms with Crippen LogP contribution in [0.15, 0.2) is 36.8 Å². The van der Waals surface area contributed by atoms with E-state index in [9.17, 15) is 8.78 Å². The summed E-state index contributed by atoms with van der Waals surface area (Å²) in [7, 11) is 1.56. The quantitative estimate of drug-likeness (QED) is 0.433. The molecule has 0 saturated carbocycles. The van der Waals surface area contributed by atoms with Crippen LogP contribution in [0.25, 0.3) is 27.7 Å². The summed E-state index contributed by atoms with van der Waals surface area (Å²) in [6, 6.07) is 7.75. The average Bonchev–Trinajstić information content (AvgIpc) is 3.43. The molecule has 1 N–H and O–H groups in total. The first kappa shape index (κ1) is 22.2. The zero-order valence-electron chi connectivity index (χ0n) is 19.4. The minimum Gasteiger partial charge on any atom is -0.479 e. The molecule has 0 radical (unpaired) electrons. The van der Waals surface area contributed by atoms with Crippen molar-refractivity contribution in [2.24, 2.45) is 0 Å². The number of aromatic nitrogens is 5. The Morgan fingerprint density at radius 1 is 1.26 bits per heavy atom. The summed E-state index contributed by atoms with van der Waals surface area (Å²) in [5, 5.41) is 7.77. The number of alkyl halides is 2. The van der Waals surface area contributed by atoms with Gasteiger partial charge in [-0.3, -0.25) is 4.90 Å². The lowest BCUT2D eigenvalue weighted by atomic mass is 10.0. The van der Waals surface area contributed by atoms with Gasteiger partial charge in [-0.2, -0.15) is 4.98 Å². The predicted octanol–water partition coefficient (Wildman–Crippen LogP) is 2.95. The molecule has 1 aromatic carbocycles. The van der Waals surface area contributed by atoms with Crippen LogP contribution >= 0.6 is 0 Å². The zero-order chi connectivity index (χ0) is 23.9. The van der Waals surface area contributed by atoms with Crippen molar-refractivity contribution in [3.05, 3.63) is 36.8 Å². The Hall–Kier alpha value is -3.31. The Morgan fingerprint density at radius 2 is 2.14 bits per heavy atom. The molecule has 2 saturated heterocycles. The number of nitrogens with zero attached hydrogens (tertiary/aromatic N) is 6. The average molecular weight is 484 g/mol. The van der Waals surface area contributed by atoms with Gasteiger partial charge in [0.05, 0.1) is 56.3 Å². The maximum atomic E-state index is 14.9. The lowest BCUT2D eigenvalue weighted by Crippen LogP contribution is -2.57. The number of ether oxygens (including phenoxy) is 2. The summed E-state index contributed by atoms with van der Waals surface area (Å²) in [5.74, 6) is 0.709. The highest BCUT2D eigenvalue weighted by Gasteiger charge is 2.35. The molecule has 4 aromatic rings. The van der Waals surface area contributed by atoms with E-state index in [1.165, 1.54) is 0 Å². The van der Waals surface area contributed by atoms with Crippen molar-refractivity contribution in [1.82, 2.24) is 29.0 Å². The number of aryl methyl sites for hydroxylation is 1. The monoisotopic (exact) mass is 483 g/mol. The third-order valence-corrected chi connectivity index (χ3v) is 6.95. The van der Waals surface area contributed by atoms with Crippen molar-refractivity contribution in [3.63, 3.8) is 0 Å². The fourth-order valence-corrected chi connectivity index (χ4v) is 4.94. The fraction of sp³-hybridized carbons (Fsp3) is 0.458. The first-order chi connectivity index (χ1) is 17.1. The molecular weight excluding hydrogens is 456 g/mol. The van der Waals surface area contributed by atoms with E-state index in [1.807, 2.05) is 30.5 Å². The van der Waals surface area contributed by atoms with Gasteiger partial charge in [0, 0.05) is 24.8 Å². The van der Waals surface area contributed by atoms with Gasteiger partial charge in [0.15, 0.2) is 0 Å². The normalized spacial score (nSPS) is 21.5. The van der Waals surface area contributed by atoms with E-state index in [1.54, 1.807) is 22.5 Å². The van der Waals surface area contributed by atoms with E-state index in [4.69, 9.17) is 9.47 Å². The van der Waals surface area contributed by atoms with Gasteiger partial charge < -0.3 is 19.4 Å². The molecule has 35 heavy (non-hydrogen) atoms. The highest BCUT2D eigenvalue weighted by atomic mass is 19.1. The minimum atomic E-state index is -1.03. The second-order valence-corrected chi connectivity index (χ2v) is 9.04. The van der Waals surface area contributed by atoms with E-state index >= 15 is 0 Å².